The van der Waals surface area contributed by atoms with Crippen molar-refractivity contribution >= 4 is 37.8 Å². The monoisotopic (exact) mass is 441 g/mol. The van der Waals surface area contributed by atoms with E-state index in [4.69, 9.17) is 14.7 Å². The summed E-state index contributed by atoms with van der Waals surface area (Å²) in [5.41, 5.74) is 0.131. The molecule has 23 heavy (non-hydrogen) atoms. The number of esters is 1. The molecule has 0 aromatic heterocycles. The summed E-state index contributed by atoms with van der Waals surface area (Å²) in [5, 5.41) is 8.98. The number of hydrogen-bond acceptors (Lipinski definition) is 4. The van der Waals surface area contributed by atoms with E-state index < -0.39 is 11.8 Å². The van der Waals surface area contributed by atoms with Crippen LogP contribution in [0.1, 0.15) is 22.8 Å². The predicted molar refractivity (Wildman–Crippen MR) is 89.1 cm³/mol. The van der Waals surface area contributed by atoms with E-state index >= 15 is 0 Å². The lowest BCUT2D eigenvalue weighted by atomic mass is 10.2. The summed E-state index contributed by atoms with van der Waals surface area (Å²) in [6.45, 7) is 2.07. The molecule has 4 nitrogen and oxygen atoms in total. The Morgan fingerprint density at radius 2 is 2.04 bits per heavy atom. The molecule has 0 aliphatic carbocycles. The van der Waals surface area contributed by atoms with E-state index in [1.807, 2.05) is 6.07 Å². The van der Waals surface area contributed by atoms with Crippen LogP contribution in [0.2, 0.25) is 0 Å². The van der Waals surface area contributed by atoms with Gasteiger partial charge < -0.3 is 9.47 Å². The van der Waals surface area contributed by atoms with Crippen LogP contribution < -0.4 is 9.47 Å². The minimum Gasteiger partial charge on any atom is -0.490 e. The van der Waals surface area contributed by atoms with Gasteiger partial charge in [0, 0.05) is 10.5 Å². The van der Waals surface area contributed by atoms with Gasteiger partial charge in [-0.2, -0.15) is 5.26 Å². The van der Waals surface area contributed by atoms with Crippen molar-refractivity contribution in [3.05, 3.63) is 56.2 Å². The SMILES string of the molecule is CCOc1cc(C#N)cc(Br)c1OC(=O)c1cc(Br)ccc1F. The fourth-order valence-electron chi connectivity index (χ4n) is 1.80. The van der Waals surface area contributed by atoms with Crippen molar-refractivity contribution < 1.29 is 18.7 Å². The van der Waals surface area contributed by atoms with Crippen LogP contribution in [0.25, 0.3) is 0 Å². The standard InChI is InChI=1S/C16H10Br2FNO3/c1-2-22-14-6-9(8-20)5-12(18)15(14)23-16(21)11-7-10(17)3-4-13(11)19/h3-7H,2H2,1H3. The zero-order valence-electron chi connectivity index (χ0n) is 11.9. The molecule has 0 aliphatic heterocycles. The lowest BCUT2D eigenvalue weighted by Crippen LogP contribution is -2.12. The predicted octanol–water partition coefficient (Wildman–Crippen LogP) is 4.84. The van der Waals surface area contributed by atoms with Crippen LogP contribution in [0, 0.1) is 17.1 Å². The van der Waals surface area contributed by atoms with Crippen LogP contribution in [-0.4, -0.2) is 12.6 Å². The first-order valence-electron chi connectivity index (χ1n) is 6.50. The number of hydrogen-bond donors (Lipinski definition) is 0. The van der Waals surface area contributed by atoms with Gasteiger partial charge >= 0.3 is 5.97 Å². The van der Waals surface area contributed by atoms with Crippen LogP contribution in [0.4, 0.5) is 4.39 Å². The highest BCUT2D eigenvalue weighted by atomic mass is 79.9. The van der Waals surface area contributed by atoms with Crippen LogP contribution in [-0.2, 0) is 0 Å². The van der Waals surface area contributed by atoms with Crippen molar-refractivity contribution in [3.8, 4) is 17.6 Å². The molecule has 2 aromatic carbocycles. The van der Waals surface area contributed by atoms with Crippen molar-refractivity contribution in [2.24, 2.45) is 0 Å². The van der Waals surface area contributed by atoms with Gasteiger partial charge in [0.05, 0.1) is 28.3 Å². The number of ether oxygens (including phenoxy) is 2. The molecular formula is C16H10Br2FNO3. The summed E-state index contributed by atoms with van der Waals surface area (Å²) in [6.07, 6.45) is 0. The molecule has 118 valence electrons. The normalized spacial score (nSPS) is 10.0. The minimum absolute atomic E-state index is 0.0928. The van der Waals surface area contributed by atoms with Crippen LogP contribution in [0.15, 0.2) is 39.3 Å². The van der Waals surface area contributed by atoms with Gasteiger partial charge in [-0.1, -0.05) is 15.9 Å². The molecule has 0 N–H and O–H groups in total. The average Bonchev–Trinajstić information content (AvgIpc) is 2.52. The van der Waals surface area contributed by atoms with E-state index in [1.54, 1.807) is 6.92 Å². The smallest absolute Gasteiger partial charge is 0.346 e. The molecule has 2 aromatic rings. The third-order valence-electron chi connectivity index (χ3n) is 2.78. The molecule has 2 rings (SSSR count). The van der Waals surface area contributed by atoms with Gasteiger partial charge in [-0.25, -0.2) is 9.18 Å². The Morgan fingerprint density at radius 3 is 2.70 bits per heavy atom. The lowest BCUT2D eigenvalue weighted by Gasteiger charge is -2.13. The maximum absolute atomic E-state index is 13.8. The second kappa shape index (κ2) is 7.57. The number of benzene rings is 2. The molecule has 0 radical (unpaired) electrons. The van der Waals surface area contributed by atoms with Crippen molar-refractivity contribution in [1.82, 2.24) is 0 Å². The van der Waals surface area contributed by atoms with E-state index in [9.17, 15) is 9.18 Å². The Labute approximate surface area is 149 Å². The van der Waals surface area contributed by atoms with Gasteiger partial charge in [0.1, 0.15) is 5.82 Å². The number of nitrogens with zero attached hydrogens (tertiary/aromatic N) is 1. The molecule has 0 bridgehead atoms. The number of nitriles is 1. The zero-order chi connectivity index (χ0) is 17.0. The highest BCUT2D eigenvalue weighted by Crippen LogP contribution is 2.37. The van der Waals surface area contributed by atoms with Gasteiger partial charge in [-0.15, -0.1) is 0 Å². The number of halogens is 3. The van der Waals surface area contributed by atoms with Crippen LogP contribution >= 0.6 is 31.9 Å². The molecule has 0 atom stereocenters. The van der Waals surface area contributed by atoms with Gasteiger partial charge in [0.25, 0.3) is 0 Å². The summed E-state index contributed by atoms with van der Waals surface area (Å²) in [6, 6.07) is 8.89. The first kappa shape index (κ1) is 17.4. The van der Waals surface area contributed by atoms with Gasteiger partial charge in [-0.3, -0.25) is 0 Å². The zero-order valence-corrected chi connectivity index (χ0v) is 15.1. The van der Waals surface area contributed by atoms with E-state index in [1.165, 1.54) is 24.3 Å². The number of carbonyl (C=O) groups is 1. The molecule has 0 saturated heterocycles. The Hall–Kier alpha value is -1.91. The third-order valence-corrected chi connectivity index (χ3v) is 3.86. The lowest BCUT2D eigenvalue weighted by molar-refractivity contribution is 0.0722. The van der Waals surface area contributed by atoms with E-state index in [0.29, 0.717) is 21.1 Å². The molecule has 0 spiro atoms. The second-order valence-electron chi connectivity index (χ2n) is 4.34. The van der Waals surface area contributed by atoms with Crippen molar-refractivity contribution in [1.29, 1.82) is 5.26 Å². The average molecular weight is 443 g/mol. The molecular weight excluding hydrogens is 433 g/mol. The molecule has 0 saturated carbocycles. The first-order valence-corrected chi connectivity index (χ1v) is 8.08. The van der Waals surface area contributed by atoms with Crippen molar-refractivity contribution in [3.63, 3.8) is 0 Å². The van der Waals surface area contributed by atoms with Crippen LogP contribution in [0.5, 0.6) is 11.5 Å². The Bertz CT molecular complexity index is 803. The molecule has 0 unspecified atom stereocenters. The van der Waals surface area contributed by atoms with E-state index in [0.717, 1.165) is 6.07 Å². The fraction of sp³-hybridized carbons (Fsp3) is 0.125. The quantitative estimate of drug-likeness (QED) is 0.502. The molecule has 0 amide bonds. The summed E-state index contributed by atoms with van der Waals surface area (Å²) in [4.78, 5) is 12.2. The Morgan fingerprint density at radius 1 is 1.30 bits per heavy atom. The molecule has 7 heteroatoms. The van der Waals surface area contributed by atoms with E-state index in [2.05, 4.69) is 31.9 Å². The number of carbonyl (C=O) groups excluding carboxylic acids is 1. The highest BCUT2D eigenvalue weighted by Gasteiger charge is 2.20. The summed E-state index contributed by atoms with van der Waals surface area (Å²) in [5.74, 6) is -1.24. The molecule has 0 fully saturated rings. The Kier molecular flexibility index (Phi) is 5.74. The summed E-state index contributed by atoms with van der Waals surface area (Å²) < 4.78 is 25.4. The molecule has 0 aliphatic rings. The van der Waals surface area contributed by atoms with Gasteiger partial charge in [-0.05, 0) is 47.1 Å². The number of rotatable bonds is 4. The Balaban J connectivity index is 2.41. The largest absolute Gasteiger partial charge is 0.490 e. The molecule has 0 heterocycles. The summed E-state index contributed by atoms with van der Waals surface area (Å²) >= 11 is 6.41. The van der Waals surface area contributed by atoms with E-state index in [-0.39, 0.29) is 17.1 Å². The topological polar surface area (TPSA) is 59.3 Å². The van der Waals surface area contributed by atoms with Crippen LogP contribution in [0.3, 0.4) is 0 Å². The highest BCUT2D eigenvalue weighted by molar-refractivity contribution is 9.10. The fourth-order valence-corrected chi connectivity index (χ4v) is 2.68. The van der Waals surface area contributed by atoms with Crippen molar-refractivity contribution in [2.75, 3.05) is 6.61 Å². The maximum Gasteiger partial charge on any atom is 0.346 e. The third kappa shape index (κ3) is 4.09. The second-order valence-corrected chi connectivity index (χ2v) is 6.11. The minimum atomic E-state index is -0.866. The van der Waals surface area contributed by atoms with Crippen molar-refractivity contribution in [2.45, 2.75) is 6.92 Å². The maximum atomic E-state index is 13.8. The summed E-state index contributed by atoms with van der Waals surface area (Å²) in [7, 11) is 0. The van der Waals surface area contributed by atoms with Gasteiger partial charge in [0.2, 0.25) is 0 Å². The first-order chi connectivity index (χ1) is 11.0. The van der Waals surface area contributed by atoms with Gasteiger partial charge in [0.15, 0.2) is 11.5 Å².